The molecule has 2 aromatic rings. The summed E-state index contributed by atoms with van der Waals surface area (Å²) in [5, 5.41) is 13.1. The van der Waals surface area contributed by atoms with Crippen molar-refractivity contribution in [1.29, 1.82) is 0 Å². The predicted octanol–water partition coefficient (Wildman–Crippen LogP) is 2.04. The number of likely N-dealkylation sites (N-methyl/N-ethyl adjacent to an activating group) is 1. The molecule has 1 unspecified atom stereocenters. The summed E-state index contributed by atoms with van der Waals surface area (Å²) in [6.45, 7) is 9.53. The van der Waals surface area contributed by atoms with Gasteiger partial charge in [-0.2, -0.15) is 0 Å². The molecule has 2 heterocycles. The molecule has 0 saturated carbocycles. The highest BCUT2D eigenvalue weighted by Gasteiger charge is 2.18. The molecule has 0 aromatic carbocycles. The first-order valence-corrected chi connectivity index (χ1v) is 7.38. The fourth-order valence-electron chi connectivity index (χ4n) is 2.34. The van der Waals surface area contributed by atoms with Crippen LogP contribution in [0.1, 0.15) is 33.4 Å². The molecule has 0 aliphatic carbocycles. The topological polar surface area (TPSA) is 52.8 Å². The maximum Gasteiger partial charge on any atom is 0.152 e. The Balaban J connectivity index is 2.38. The summed E-state index contributed by atoms with van der Waals surface area (Å²) in [5.74, 6) is 0.916. The molecule has 2 N–H and O–H groups in total. The summed E-state index contributed by atoms with van der Waals surface area (Å²) in [7, 11) is 1.97. The fourth-order valence-corrected chi connectivity index (χ4v) is 2.34. The average molecular weight is 290 g/mol. The number of aliphatic hydroxyl groups excluding tert-OH is 1. The van der Waals surface area contributed by atoms with Gasteiger partial charge in [0.2, 0.25) is 0 Å². The van der Waals surface area contributed by atoms with Gasteiger partial charge in [-0.1, -0.05) is 6.07 Å². The Morgan fingerprint density at radius 2 is 2.10 bits per heavy atom. The SMILES string of the molecule is CC(O)CN(C)c1nc2ccccn2c1CNC(C)(C)C. The van der Waals surface area contributed by atoms with Crippen molar-refractivity contribution in [2.24, 2.45) is 0 Å². The van der Waals surface area contributed by atoms with Crippen molar-refractivity contribution in [2.45, 2.75) is 45.9 Å². The molecule has 5 heteroatoms. The zero-order chi connectivity index (χ0) is 15.6. The van der Waals surface area contributed by atoms with Gasteiger partial charge in [0.15, 0.2) is 5.82 Å². The van der Waals surface area contributed by atoms with Crippen molar-refractivity contribution in [3.8, 4) is 0 Å². The molecular formula is C16H26N4O. The largest absolute Gasteiger partial charge is 0.392 e. The second-order valence-corrected chi connectivity index (χ2v) is 6.64. The van der Waals surface area contributed by atoms with E-state index in [1.54, 1.807) is 6.92 Å². The number of anilines is 1. The van der Waals surface area contributed by atoms with E-state index in [2.05, 4.69) is 30.5 Å². The van der Waals surface area contributed by atoms with E-state index in [-0.39, 0.29) is 11.6 Å². The van der Waals surface area contributed by atoms with Gasteiger partial charge in [0, 0.05) is 31.9 Å². The van der Waals surface area contributed by atoms with Crippen molar-refractivity contribution in [3.63, 3.8) is 0 Å². The normalized spacial score (nSPS) is 13.6. The van der Waals surface area contributed by atoms with Crippen LogP contribution in [0.5, 0.6) is 0 Å². The molecule has 5 nitrogen and oxygen atoms in total. The first kappa shape index (κ1) is 15.8. The Morgan fingerprint density at radius 1 is 1.38 bits per heavy atom. The highest BCUT2D eigenvalue weighted by molar-refractivity contribution is 5.55. The van der Waals surface area contributed by atoms with Gasteiger partial charge in [-0.05, 0) is 39.8 Å². The van der Waals surface area contributed by atoms with Gasteiger partial charge < -0.3 is 19.7 Å². The van der Waals surface area contributed by atoms with Gasteiger partial charge in [0.1, 0.15) is 5.65 Å². The minimum Gasteiger partial charge on any atom is -0.392 e. The zero-order valence-electron chi connectivity index (χ0n) is 13.6. The van der Waals surface area contributed by atoms with E-state index in [0.717, 1.165) is 23.7 Å². The van der Waals surface area contributed by atoms with Crippen molar-refractivity contribution >= 4 is 11.5 Å². The van der Waals surface area contributed by atoms with Crippen molar-refractivity contribution < 1.29 is 5.11 Å². The standard InChI is InChI=1S/C16H26N4O/c1-12(21)11-19(5)15-13(10-17-16(2,3)4)20-9-7-6-8-14(20)18-15/h6-9,12,17,21H,10-11H2,1-5H3. The van der Waals surface area contributed by atoms with Crippen LogP contribution in [0.25, 0.3) is 5.65 Å². The Labute approximate surface area is 126 Å². The Kier molecular flexibility index (Phi) is 4.54. The molecule has 0 saturated heterocycles. The number of nitrogens with zero attached hydrogens (tertiary/aromatic N) is 3. The fraction of sp³-hybridized carbons (Fsp3) is 0.562. The number of aliphatic hydroxyl groups is 1. The van der Waals surface area contributed by atoms with E-state index in [1.807, 2.05) is 36.3 Å². The molecule has 116 valence electrons. The van der Waals surface area contributed by atoms with Crippen LogP contribution < -0.4 is 10.2 Å². The number of nitrogens with one attached hydrogen (secondary N) is 1. The quantitative estimate of drug-likeness (QED) is 0.885. The lowest BCUT2D eigenvalue weighted by molar-refractivity contribution is 0.201. The lowest BCUT2D eigenvalue weighted by Gasteiger charge is -2.23. The number of fused-ring (bicyclic) bond motifs is 1. The molecule has 0 aliphatic heterocycles. The smallest absolute Gasteiger partial charge is 0.152 e. The van der Waals surface area contributed by atoms with Gasteiger partial charge in [0.05, 0.1) is 11.8 Å². The second-order valence-electron chi connectivity index (χ2n) is 6.64. The lowest BCUT2D eigenvalue weighted by Crippen LogP contribution is -2.36. The second kappa shape index (κ2) is 6.03. The summed E-state index contributed by atoms with van der Waals surface area (Å²) in [6.07, 6.45) is 1.64. The molecule has 21 heavy (non-hydrogen) atoms. The number of imidazole rings is 1. The van der Waals surface area contributed by atoms with E-state index >= 15 is 0 Å². The molecule has 0 aliphatic rings. The van der Waals surface area contributed by atoms with Crippen LogP contribution in [-0.2, 0) is 6.54 Å². The summed E-state index contributed by atoms with van der Waals surface area (Å²) in [6, 6.07) is 6.00. The number of rotatable bonds is 5. The molecule has 0 fully saturated rings. The minimum atomic E-state index is -0.386. The van der Waals surface area contributed by atoms with Crippen LogP contribution in [0, 0.1) is 0 Å². The van der Waals surface area contributed by atoms with E-state index in [0.29, 0.717) is 6.54 Å². The van der Waals surface area contributed by atoms with Crippen LogP contribution in [-0.4, -0.2) is 39.7 Å². The van der Waals surface area contributed by atoms with E-state index < -0.39 is 0 Å². The number of aromatic nitrogens is 2. The summed E-state index contributed by atoms with van der Waals surface area (Å²) in [5.41, 5.74) is 2.08. The maximum absolute atomic E-state index is 9.62. The van der Waals surface area contributed by atoms with Gasteiger partial charge in [-0.3, -0.25) is 0 Å². The third kappa shape index (κ3) is 3.95. The molecule has 2 rings (SSSR count). The molecule has 2 aromatic heterocycles. The molecule has 0 bridgehead atoms. The minimum absolute atomic E-state index is 0.0407. The van der Waals surface area contributed by atoms with E-state index in [1.165, 1.54) is 0 Å². The summed E-state index contributed by atoms with van der Waals surface area (Å²) in [4.78, 5) is 6.72. The van der Waals surface area contributed by atoms with Crippen LogP contribution in [0.15, 0.2) is 24.4 Å². The van der Waals surface area contributed by atoms with Crippen molar-refractivity contribution in [1.82, 2.24) is 14.7 Å². The van der Waals surface area contributed by atoms with Crippen molar-refractivity contribution in [2.75, 3.05) is 18.5 Å². The van der Waals surface area contributed by atoms with Gasteiger partial charge >= 0.3 is 0 Å². The molecule has 1 atom stereocenters. The first-order chi connectivity index (χ1) is 9.78. The summed E-state index contributed by atoms with van der Waals surface area (Å²) >= 11 is 0. The lowest BCUT2D eigenvalue weighted by atomic mass is 10.1. The Hall–Kier alpha value is -1.59. The van der Waals surface area contributed by atoms with Crippen LogP contribution in [0.4, 0.5) is 5.82 Å². The molecule has 0 amide bonds. The maximum atomic E-state index is 9.62. The summed E-state index contributed by atoms with van der Waals surface area (Å²) < 4.78 is 2.10. The molecular weight excluding hydrogens is 264 g/mol. The highest BCUT2D eigenvalue weighted by Crippen LogP contribution is 2.21. The third-order valence-corrected chi connectivity index (χ3v) is 3.29. The van der Waals surface area contributed by atoms with Gasteiger partial charge in [-0.15, -0.1) is 0 Å². The van der Waals surface area contributed by atoms with Crippen LogP contribution in [0.2, 0.25) is 0 Å². The van der Waals surface area contributed by atoms with Crippen molar-refractivity contribution in [3.05, 3.63) is 30.1 Å². The molecule has 0 spiro atoms. The van der Waals surface area contributed by atoms with Gasteiger partial charge in [-0.25, -0.2) is 4.98 Å². The zero-order valence-corrected chi connectivity index (χ0v) is 13.6. The average Bonchev–Trinajstić information content (AvgIpc) is 2.73. The Morgan fingerprint density at radius 3 is 2.71 bits per heavy atom. The van der Waals surface area contributed by atoms with Crippen LogP contribution in [0.3, 0.4) is 0 Å². The number of hydrogen-bond acceptors (Lipinski definition) is 4. The number of hydrogen-bond donors (Lipinski definition) is 2. The Bertz CT molecular complexity index is 598. The van der Waals surface area contributed by atoms with E-state index in [4.69, 9.17) is 4.98 Å². The van der Waals surface area contributed by atoms with Gasteiger partial charge in [0.25, 0.3) is 0 Å². The highest BCUT2D eigenvalue weighted by atomic mass is 16.3. The third-order valence-electron chi connectivity index (χ3n) is 3.29. The monoisotopic (exact) mass is 290 g/mol. The number of pyridine rings is 1. The first-order valence-electron chi connectivity index (χ1n) is 7.38. The van der Waals surface area contributed by atoms with Crippen LogP contribution >= 0.6 is 0 Å². The predicted molar refractivity (Wildman–Crippen MR) is 86.7 cm³/mol. The molecule has 0 radical (unpaired) electrons. The van der Waals surface area contributed by atoms with E-state index in [9.17, 15) is 5.11 Å².